The molecular weight excluding hydrogens is 524 g/mol. The maximum absolute atomic E-state index is 14.2. The second-order valence-corrected chi connectivity index (χ2v) is 14.0. The van der Waals surface area contributed by atoms with Gasteiger partial charge in [-0.2, -0.15) is 0 Å². The van der Waals surface area contributed by atoms with E-state index in [2.05, 4.69) is 58.9 Å². The summed E-state index contributed by atoms with van der Waals surface area (Å²) in [7, 11) is 0. The lowest BCUT2D eigenvalue weighted by Gasteiger charge is -2.52. The van der Waals surface area contributed by atoms with Gasteiger partial charge in [0.2, 0.25) is 0 Å². The molecule has 0 spiro atoms. The summed E-state index contributed by atoms with van der Waals surface area (Å²) in [5.41, 5.74) is 2.37. The Morgan fingerprint density at radius 1 is 0.976 bits per heavy atom. The number of ketones is 2. The van der Waals surface area contributed by atoms with Crippen LogP contribution in [-0.4, -0.2) is 31.4 Å². The Bertz CT molecular complexity index is 1210. The number of benzene rings is 2. The minimum absolute atomic E-state index is 0.0906. The first kappa shape index (κ1) is 32.3. The van der Waals surface area contributed by atoms with Gasteiger partial charge in [0.15, 0.2) is 0 Å². The average molecular weight is 577 g/mol. The van der Waals surface area contributed by atoms with E-state index in [4.69, 9.17) is 14.2 Å². The molecule has 0 aliphatic heterocycles. The minimum atomic E-state index is -0.550. The summed E-state index contributed by atoms with van der Waals surface area (Å²) in [6.07, 6.45) is 4.69. The van der Waals surface area contributed by atoms with Crippen molar-refractivity contribution in [2.45, 2.75) is 111 Å². The smallest absolute Gasteiger partial charge is 0.137 e. The van der Waals surface area contributed by atoms with E-state index in [1.165, 1.54) is 0 Å². The maximum atomic E-state index is 14.2. The maximum Gasteiger partial charge on any atom is 0.137 e. The molecule has 2 saturated carbocycles. The minimum Gasteiger partial charge on any atom is -0.493 e. The normalized spacial score (nSPS) is 19.0. The number of hydrogen-bond donors (Lipinski definition) is 0. The van der Waals surface area contributed by atoms with Crippen LogP contribution in [0.15, 0.2) is 42.5 Å². The third-order valence-electron chi connectivity index (χ3n) is 9.51. The van der Waals surface area contributed by atoms with Crippen LogP contribution in [0.1, 0.15) is 122 Å². The molecule has 2 atom stereocenters. The monoisotopic (exact) mass is 576 g/mol. The standard InChI is InChI=1S/C37H52O5/c1-9-40-32-20-28(21-33(41-10-2)34(32)27-16-17-27)25(3)30(18-19-42-36(7,8)29-14-12-11-13-15-29)31(39)22-37(26(4)38)23-35(5,6)24-37/h11-15,20-21,25,27,30H,9-10,16-19,22-24H2,1-8H3/t25-,30?/m1/s1. The molecule has 5 nitrogen and oxygen atoms in total. The highest BCUT2D eigenvalue weighted by Gasteiger charge is 2.53. The summed E-state index contributed by atoms with van der Waals surface area (Å²) in [5.74, 6) is 2.12. The Morgan fingerprint density at radius 3 is 2.02 bits per heavy atom. The van der Waals surface area contributed by atoms with Crippen LogP contribution in [0.4, 0.5) is 0 Å². The molecule has 2 aliphatic rings. The molecule has 2 aliphatic carbocycles. The Hall–Kier alpha value is -2.66. The first-order valence-electron chi connectivity index (χ1n) is 16.0. The molecule has 0 heterocycles. The predicted octanol–water partition coefficient (Wildman–Crippen LogP) is 8.78. The van der Waals surface area contributed by atoms with Gasteiger partial charge in [-0.05, 0) is 107 Å². The van der Waals surface area contributed by atoms with Crippen LogP contribution < -0.4 is 9.47 Å². The molecule has 230 valence electrons. The zero-order chi connectivity index (χ0) is 30.7. The topological polar surface area (TPSA) is 61.8 Å². The predicted molar refractivity (Wildman–Crippen MR) is 168 cm³/mol. The van der Waals surface area contributed by atoms with Gasteiger partial charge in [0.25, 0.3) is 0 Å². The van der Waals surface area contributed by atoms with Crippen LogP contribution in [0.3, 0.4) is 0 Å². The largest absolute Gasteiger partial charge is 0.493 e. The molecule has 5 heteroatoms. The zero-order valence-electron chi connectivity index (χ0n) is 27.2. The van der Waals surface area contributed by atoms with Gasteiger partial charge in [-0.25, -0.2) is 0 Å². The fourth-order valence-corrected chi connectivity index (χ4v) is 7.24. The quantitative estimate of drug-likeness (QED) is 0.200. The van der Waals surface area contributed by atoms with E-state index in [1.54, 1.807) is 6.92 Å². The van der Waals surface area contributed by atoms with Gasteiger partial charge in [0.05, 0.1) is 18.8 Å². The Morgan fingerprint density at radius 2 is 1.55 bits per heavy atom. The lowest BCUT2D eigenvalue weighted by Crippen LogP contribution is -2.49. The molecular formula is C37H52O5. The Kier molecular flexibility index (Phi) is 9.92. The number of hydrogen-bond acceptors (Lipinski definition) is 5. The van der Waals surface area contributed by atoms with Gasteiger partial charge in [-0.1, -0.05) is 51.1 Å². The molecule has 0 bridgehead atoms. The van der Waals surface area contributed by atoms with Crippen molar-refractivity contribution < 1.29 is 23.8 Å². The van der Waals surface area contributed by atoms with Crippen molar-refractivity contribution in [1.82, 2.24) is 0 Å². The highest BCUT2D eigenvalue weighted by atomic mass is 16.5. The van der Waals surface area contributed by atoms with E-state index in [-0.39, 0.29) is 28.8 Å². The van der Waals surface area contributed by atoms with Gasteiger partial charge in [-0.15, -0.1) is 0 Å². The van der Waals surface area contributed by atoms with E-state index in [1.807, 2.05) is 32.0 Å². The van der Waals surface area contributed by atoms with Crippen LogP contribution in [0, 0.1) is 16.7 Å². The molecule has 0 N–H and O–H groups in total. The lowest BCUT2D eigenvalue weighted by molar-refractivity contribution is -0.147. The van der Waals surface area contributed by atoms with Crippen molar-refractivity contribution in [2.24, 2.45) is 16.7 Å². The van der Waals surface area contributed by atoms with Crippen molar-refractivity contribution in [2.75, 3.05) is 19.8 Å². The number of carbonyl (C=O) groups is 2. The average Bonchev–Trinajstić information content (AvgIpc) is 3.75. The molecule has 1 unspecified atom stereocenters. The summed E-state index contributed by atoms with van der Waals surface area (Å²) < 4.78 is 18.8. The number of rotatable bonds is 16. The molecule has 42 heavy (non-hydrogen) atoms. The summed E-state index contributed by atoms with van der Waals surface area (Å²) >= 11 is 0. The zero-order valence-corrected chi connectivity index (χ0v) is 27.2. The third kappa shape index (κ3) is 7.27. The molecule has 2 aromatic carbocycles. The third-order valence-corrected chi connectivity index (χ3v) is 9.51. The van der Waals surface area contributed by atoms with E-state index >= 15 is 0 Å². The molecule has 0 radical (unpaired) electrons. The highest BCUT2D eigenvalue weighted by Crippen LogP contribution is 2.57. The molecule has 4 rings (SSSR count). The molecule has 2 fully saturated rings. The van der Waals surface area contributed by atoms with Crippen LogP contribution in [0.2, 0.25) is 0 Å². The van der Waals surface area contributed by atoms with Gasteiger partial charge >= 0.3 is 0 Å². The second kappa shape index (κ2) is 12.9. The van der Waals surface area contributed by atoms with Crippen molar-refractivity contribution in [3.05, 3.63) is 59.2 Å². The van der Waals surface area contributed by atoms with Gasteiger partial charge in [-0.3, -0.25) is 9.59 Å². The van der Waals surface area contributed by atoms with E-state index < -0.39 is 11.0 Å². The van der Waals surface area contributed by atoms with Gasteiger partial charge < -0.3 is 14.2 Å². The van der Waals surface area contributed by atoms with E-state index in [9.17, 15) is 9.59 Å². The van der Waals surface area contributed by atoms with E-state index in [0.29, 0.717) is 38.6 Å². The molecule has 0 amide bonds. The van der Waals surface area contributed by atoms with Crippen molar-refractivity contribution in [3.8, 4) is 11.5 Å². The summed E-state index contributed by atoms with van der Waals surface area (Å²) in [6, 6.07) is 14.5. The summed E-state index contributed by atoms with van der Waals surface area (Å²) in [6.45, 7) is 17.9. The van der Waals surface area contributed by atoms with Gasteiger partial charge in [0, 0.05) is 29.9 Å². The second-order valence-electron chi connectivity index (χ2n) is 14.0. The highest BCUT2D eigenvalue weighted by molar-refractivity contribution is 5.92. The number of ether oxygens (including phenoxy) is 3. The SMILES string of the molecule is CCOc1cc([C@@H](C)C(CCOC(C)(C)c2ccccc2)C(=O)CC2(C(C)=O)CC(C)(C)C2)cc(OCC)c1C1CC1. The fraction of sp³-hybridized carbons (Fsp3) is 0.622. The van der Waals surface area contributed by atoms with Crippen LogP contribution in [-0.2, 0) is 19.9 Å². The molecule has 0 saturated heterocycles. The lowest BCUT2D eigenvalue weighted by atomic mass is 9.51. The summed E-state index contributed by atoms with van der Waals surface area (Å²) in [4.78, 5) is 27.1. The van der Waals surface area contributed by atoms with Crippen molar-refractivity contribution in [1.29, 1.82) is 0 Å². The van der Waals surface area contributed by atoms with Gasteiger partial charge in [0.1, 0.15) is 23.1 Å². The van der Waals surface area contributed by atoms with Crippen LogP contribution >= 0.6 is 0 Å². The Labute approximate surface area is 253 Å². The number of carbonyl (C=O) groups excluding carboxylic acids is 2. The first-order valence-corrected chi connectivity index (χ1v) is 16.0. The van der Waals surface area contributed by atoms with Crippen LogP contribution in [0.25, 0.3) is 0 Å². The molecule has 0 aromatic heterocycles. The van der Waals surface area contributed by atoms with E-state index in [0.717, 1.165) is 53.9 Å². The first-order chi connectivity index (χ1) is 19.8. The molecule has 2 aromatic rings. The van der Waals surface area contributed by atoms with Crippen molar-refractivity contribution >= 4 is 11.6 Å². The van der Waals surface area contributed by atoms with Crippen molar-refractivity contribution in [3.63, 3.8) is 0 Å². The summed E-state index contributed by atoms with van der Waals surface area (Å²) in [5, 5.41) is 0. The number of Topliss-reactive ketones (excluding diaryl/α,β-unsaturated/α-hetero) is 2. The Balaban J connectivity index is 1.63. The van der Waals surface area contributed by atoms with Crippen LogP contribution in [0.5, 0.6) is 11.5 Å². The fourth-order valence-electron chi connectivity index (χ4n) is 7.24.